The van der Waals surface area contributed by atoms with Gasteiger partial charge < -0.3 is 61.8 Å². The lowest BCUT2D eigenvalue weighted by Gasteiger charge is -2.36. The van der Waals surface area contributed by atoms with Gasteiger partial charge in [-0.05, 0) is 81.9 Å². The standard InChI is InChI=1S/C56H76N10O10/c1-31(57-9)47(67)63-45(55(3,4)5)53(73)65-29-35(27-41(65)51(71)61-39-22-24-75-43-20-13-11-18-37(39)43)59-49(69)33-16-15-17-34(26-33)50(70)60-36-28-42(52(72)62-40-23-25-76-44-21-14-12-19-38(40)44)66(30-36)54(74)46(56(6,7)8)64-48(68)32(2)58-10/h11-21,26,31-32,35-36,39-42,45-46,57-58H,22-25,27-30H2,1-10H3,(H,59,69)(H,60,70)(H,61,71)(H,62,72)(H,63,67)(H,64,68). The van der Waals surface area contributed by atoms with Crippen molar-refractivity contribution in [3.8, 4) is 11.5 Å². The van der Waals surface area contributed by atoms with Crippen LogP contribution >= 0.6 is 0 Å². The molecule has 8 amide bonds. The first-order valence-corrected chi connectivity index (χ1v) is 26.3. The van der Waals surface area contributed by atoms with Crippen LogP contribution in [0.5, 0.6) is 11.5 Å². The van der Waals surface area contributed by atoms with E-state index < -0.39 is 107 Å². The molecule has 0 bridgehead atoms. The van der Waals surface area contributed by atoms with Crippen LogP contribution < -0.4 is 52.0 Å². The number of carbonyl (C=O) groups is 8. The van der Waals surface area contributed by atoms with Gasteiger partial charge in [-0.15, -0.1) is 0 Å². The van der Waals surface area contributed by atoms with E-state index in [1.54, 1.807) is 46.1 Å². The van der Waals surface area contributed by atoms with Crippen molar-refractivity contribution < 1.29 is 47.8 Å². The fraction of sp³-hybridized carbons (Fsp3) is 0.536. The highest BCUT2D eigenvalue weighted by Crippen LogP contribution is 2.35. The third kappa shape index (κ3) is 13.1. The van der Waals surface area contributed by atoms with E-state index in [2.05, 4.69) is 42.5 Å². The third-order valence-electron chi connectivity index (χ3n) is 14.8. The Balaban J connectivity index is 1.09. The number of nitrogens with zero attached hydrogens (tertiary/aromatic N) is 2. The lowest BCUT2D eigenvalue weighted by Crippen LogP contribution is -2.59. The second-order valence-corrected chi connectivity index (χ2v) is 22.5. The lowest BCUT2D eigenvalue weighted by molar-refractivity contribution is -0.144. The molecule has 4 aliphatic rings. The van der Waals surface area contributed by atoms with Crippen LogP contribution in [0, 0.1) is 10.8 Å². The zero-order valence-corrected chi connectivity index (χ0v) is 45.3. The van der Waals surface area contributed by atoms with Gasteiger partial charge in [0.1, 0.15) is 35.7 Å². The van der Waals surface area contributed by atoms with E-state index in [1.165, 1.54) is 15.9 Å². The first-order chi connectivity index (χ1) is 36.0. The van der Waals surface area contributed by atoms with Gasteiger partial charge in [0.25, 0.3) is 11.8 Å². The predicted molar refractivity (Wildman–Crippen MR) is 284 cm³/mol. The first-order valence-electron chi connectivity index (χ1n) is 26.3. The molecule has 410 valence electrons. The number of benzene rings is 3. The van der Waals surface area contributed by atoms with E-state index in [9.17, 15) is 38.4 Å². The average molecular weight is 1050 g/mol. The number of ether oxygens (including phenoxy) is 2. The molecule has 3 aromatic rings. The Morgan fingerprint density at radius 3 is 1.29 bits per heavy atom. The smallest absolute Gasteiger partial charge is 0.251 e. The van der Waals surface area contributed by atoms with Gasteiger partial charge in [-0.1, -0.05) is 84.0 Å². The number of rotatable bonds is 16. The summed E-state index contributed by atoms with van der Waals surface area (Å²) < 4.78 is 11.7. The number of hydrogen-bond acceptors (Lipinski definition) is 12. The summed E-state index contributed by atoms with van der Waals surface area (Å²) in [5.41, 5.74) is 0.354. The molecule has 8 N–H and O–H groups in total. The summed E-state index contributed by atoms with van der Waals surface area (Å²) in [4.78, 5) is 116. The van der Waals surface area contributed by atoms with Crippen LogP contribution in [0.1, 0.15) is 125 Å². The van der Waals surface area contributed by atoms with Crippen molar-refractivity contribution in [1.29, 1.82) is 0 Å². The van der Waals surface area contributed by atoms with Gasteiger partial charge in [-0.3, -0.25) is 38.4 Å². The molecule has 0 radical (unpaired) electrons. The summed E-state index contributed by atoms with van der Waals surface area (Å²) in [6.45, 7) is 15.0. The third-order valence-corrected chi connectivity index (χ3v) is 14.8. The molecule has 20 nitrogen and oxygen atoms in total. The van der Waals surface area contributed by atoms with Gasteiger partial charge in [-0.25, -0.2) is 0 Å². The van der Waals surface area contributed by atoms with Crippen LogP contribution in [-0.2, 0) is 28.8 Å². The Hall–Kier alpha value is -7.06. The quantitative estimate of drug-likeness (QED) is 0.103. The Labute approximate surface area is 445 Å². The van der Waals surface area contributed by atoms with Gasteiger partial charge in [0.2, 0.25) is 35.4 Å². The number of carbonyl (C=O) groups excluding carboxylic acids is 8. The van der Waals surface area contributed by atoms with Crippen molar-refractivity contribution in [3.05, 3.63) is 95.1 Å². The summed E-state index contributed by atoms with van der Waals surface area (Å²) in [5.74, 6) is -2.37. The highest BCUT2D eigenvalue weighted by molar-refractivity contribution is 6.01. The van der Waals surface area contributed by atoms with E-state index in [1.807, 2.05) is 90.1 Å². The summed E-state index contributed by atoms with van der Waals surface area (Å²) in [6.07, 6.45) is 1.13. The van der Waals surface area contributed by atoms with Crippen molar-refractivity contribution in [3.63, 3.8) is 0 Å². The SMILES string of the molecule is CNC(C)C(=O)NC(C(=O)N1CC(NC(=O)c2cccc(C(=O)NC3CC(C(=O)NC4CCOc5ccccc54)N(C(=O)C(NC(=O)C(C)NC)C(C)(C)C)C3)c2)CC1C(=O)NC1CCOc2ccccc21)C(C)(C)C. The van der Waals surface area contributed by atoms with Crippen LogP contribution in [0.3, 0.4) is 0 Å². The number of hydrogen-bond donors (Lipinski definition) is 8. The second-order valence-electron chi connectivity index (χ2n) is 22.5. The van der Waals surface area contributed by atoms with Crippen molar-refractivity contribution in [2.75, 3.05) is 40.4 Å². The summed E-state index contributed by atoms with van der Waals surface area (Å²) in [6, 6.07) is 13.5. The van der Waals surface area contributed by atoms with Gasteiger partial charge in [0.05, 0.1) is 37.4 Å². The van der Waals surface area contributed by atoms with E-state index >= 15 is 0 Å². The van der Waals surface area contributed by atoms with Crippen LogP contribution in [0.15, 0.2) is 72.8 Å². The molecule has 0 aliphatic carbocycles. The van der Waals surface area contributed by atoms with Crippen molar-refractivity contribution in [2.24, 2.45) is 10.8 Å². The molecule has 0 spiro atoms. The predicted octanol–water partition coefficient (Wildman–Crippen LogP) is 2.64. The molecule has 2 saturated heterocycles. The van der Waals surface area contributed by atoms with Crippen LogP contribution in [-0.4, -0.2) is 146 Å². The van der Waals surface area contributed by atoms with E-state index in [0.717, 1.165) is 11.1 Å². The number of para-hydroxylation sites is 2. The number of likely N-dealkylation sites (tertiary alicyclic amines) is 2. The Bertz CT molecular complexity index is 2490. The van der Waals surface area contributed by atoms with Crippen molar-refractivity contribution in [2.45, 2.75) is 141 Å². The van der Waals surface area contributed by atoms with Gasteiger partial charge >= 0.3 is 0 Å². The number of fused-ring (bicyclic) bond motifs is 2. The molecule has 0 aromatic heterocycles. The zero-order valence-electron chi connectivity index (χ0n) is 45.3. The number of nitrogens with one attached hydrogen (secondary N) is 8. The maximum atomic E-state index is 14.7. The minimum atomic E-state index is -1.02. The lowest BCUT2D eigenvalue weighted by atomic mass is 9.85. The van der Waals surface area contributed by atoms with Gasteiger partial charge in [0, 0.05) is 60.3 Å². The molecule has 20 heteroatoms. The topological polar surface area (TPSA) is 258 Å². The monoisotopic (exact) mass is 1050 g/mol. The fourth-order valence-electron chi connectivity index (χ4n) is 10.1. The highest BCUT2D eigenvalue weighted by atomic mass is 16.5. The van der Waals surface area contributed by atoms with Crippen LogP contribution in [0.2, 0.25) is 0 Å². The molecule has 76 heavy (non-hydrogen) atoms. The van der Waals surface area contributed by atoms with E-state index in [4.69, 9.17) is 9.47 Å². The first kappa shape index (κ1) is 56.7. The normalized spacial score (nSPS) is 22.7. The Morgan fingerprint density at radius 1 is 0.539 bits per heavy atom. The molecule has 3 aromatic carbocycles. The molecule has 0 saturated carbocycles. The largest absolute Gasteiger partial charge is 0.493 e. The fourth-order valence-corrected chi connectivity index (χ4v) is 10.1. The maximum Gasteiger partial charge on any atom is 0.251 e. The molecule has 4 heterocycles. The van der Waals surface area contributed by atoms with E-state index in [-0.39, 0.29) is 48.9 Å². The Morgan fingerprint density at radius 2 is 0.921 bits per heavy atom. The second kappa shape index (κ2) is 23.9. The van der Waals surface area contributed by atoms with Crippen LogP contribution in [0.25, 0.3) is 0 Å². The summed E-state index contributed by atoms with van der Waals surface area (Å²) in [5, 5.41) is 23.9. The molecule has 2 fully saturated rings. The Kier molecular flexibility index (Phi) is 17.8. The number of amides is 8. The molecular weight excluding hydrogens is 973 g/mol. The molecule has 10 atom stereocenters. The van der Waals surface area contributed by atoms with Crippen molar-refractivity contribution in [1.82, 2.24) is 52.3 Å². The van der Waals surface area contributed by atoms with Crippen molar-refractivity contribution >= 4 is 47.3 Å². The minimum absolute atomic E-state index is 0.0435. The average Bonchev–Trinajstić information content (AvgIpc) is 4.03. The van der Waals surface area contributed by atoms with E-state index in [0.29, 0.717) is 37.6 Å². The zero-order chi connectivity index (χ0) is 55.2. The molecule has 7 rings (SSSR count). The molecule has 4 aliphatic heterocycles. The van der Waals surface area contributed by atoms with Gasteiger partial charge in [-0.2, -0.15) is 0 Å². The molecule has 10 unspecified atom stereocenters. The molecular formula is C56H76N10O10. The summed E-state index contributed by atoms with van der Waals surface area (Å²) in [7, 11) is 3.28. The minimum Gasteiger partial charge on any atom is -0.493 e. The summed E-state index contributed by atoms with van der Waals surface area (Å²) >= 11 is 0. The highest BCUT2D eigenvalue weighted by Gasteiger charge is 2.48. The van der Waals surface area contributed by atoms with Gasteiger partial charge in [0.15, 0.2) is 0 Å². The van der Waals surface area contributed by atoms with Crippen LogP contribution in [0.4, 0.5) is 0 Å². The number of likely N-dealkylation sites (N-methyl/N-ethyl adjacent to an activating group) is 2. The maximum absolute atomic E-state index is 14.7.